The molecule has 0 spiro atoms. The van der Waals surface area contributed by atoms with E-state index < -0.39 is 0 Å². The average molecular weight is 269 g/mol. The van der Waals surface area contributed by atoms with E-state index in [4.69, 9.17) is 4.74 Å². The van der Waals surface area contributed by atoms with Crippen molar-refractivity contribution >= 4 is 0 Å². The number of hydrogen-bond donors (Lipinski definition) is 1. The Labute approximate surface area is 121 Å². The number of nitrogens with one attached hydrogen (secondary N) is 1. The molecule has 0 aliphatic heterocycles. The van der Waals surface area contributed by atoms with Crippen LogP contribution in [0.1, 0.15) is 19.4 Å². The van der Waals surface area contributed by atoms with Crippen molar-refractivity contribution in [2.75, 3.05) is 13.2 Å². The third kappa shape index (κ3) is 4.48. The predicted octanol–water partition coefficient (Wildman–Crippen LogP) is 3.87. The fourth-order valence-corrected chi connectivity index (χ4v) is 2.09. The molecule has 0 aliphatic carbocycles. The van der Waals surface area contributed by atoms with Gasteiger partial charge in [-0.25, -0.2) is 0 Å². The van der Waals surface area contributed by atoms with Crippen molar-refractivity contribution in [3.8, 4) is 11.1 Å². The van der Waals surface area contributed by atoms with E-state index in [1.54, 1.807) is 0 Å². The van der Waals surface area contributed by atoms with Gasteiger partial charge in [-0.05, 0) is 30.5 Å². The molecule has 0 amide bonds. The number of hydrogen-bond acceptors (Lipinski definition) is 2. The van der Waals surface area contributed by atoms with Crippen LogP contribution in [0.2, 0.25) is 0 Å². The zero-order valence-corrected chi connectivity index (χ0v) is 12.3. The van der Waals surface area contributed by atoms with Gasteiger partial charge < -0.3 is 10.1 Å². The van der Waals surface area contributed by atoms with Gasteiger partial charge in [0.1, 0.15) is 0 Å². The molecule has 1 N–H and O–H groups in total. The highest BCUT2D eigenvalue weighted by atomic mass is 16.5. The van der Waals surface area contributed by atoms with Crippen molar-refractivity contribution in [2.45, 2.75) is 26.4 Å². The quantitative estimate of drug-likeness (QED) is 0.824. The molecular weight excluding hydrogens is 246 g/mol. The highest BCUT2D eigenvalue weighted by molar-refractivity contribution is 5.63. The van der Waals surface area contributed by atoms with Crippen LogP contribution in [-0.4, -0.2) is 19.3 Å². The second-order valence-corrected chi connectivity index (χ2v) is 5.00. The van der Waals surface area contributed by atoms with Crippen molar-refractivity contribution < 1.29 is 4.74 Å². The van der Waals surface area contributed by atoms with Gasteiger partial charge in [-0.3, -0.25) is 0 Å². The average Bonchev–Trinajstić information content (AvgIpc) is 2.52. The Balaban J connectivity index is 1.89. The van der Waals surface area contributed by atoms with Gasteiger partial charge in [-0.1, -0.05) is 54.6 Å². The van der Waals surface area contributed by atoms with Crippen molar-refractivity contribution in [3.63, 3.8) is 0 Å². The van der Waals surface area contributed by atoms with E-state index in [9.17, 15) is 0 Å². The molecule has 2 nitrogen and oxygen atoms in total. The summed E-state index contributed by atoms with van der Waals surface area (Å²) in [5, 5.41) is 3.47. The van der Waals surface area contributed by atoms with Gasteiger partial charge >= 0.3 is 0 Å². The first kappa shape index (κ1) is 14.8. The standard InChI is InChI=1S/C18H23NO/c1-3-20-14-15(2)19-13-16-9-11-18(12-10-16)17-7-5-4-6-8-17/h4-12,15,19H,3,13-14H2,1-2H3. The van der Waals surface area contributed by atoms with Gasteiger partial charge in [0.15, 0.2) is 0 Å². The molecule has 0 aliphatic rings. The summed E-state index contributed by atoms with van der Waals surface area (Å²) in [4.78, 5) is 0. The van der Waals surface area contributed by atoms with E-state index in [0.717, 1.165) is 19.8 Å². The fourth-order valence-electron chi connectivity index (χ4n) is 2.09. The fraction of sp³-hybridized carbons (Fsp3) is 0.333. The molecule has 1 atom stereocenters. The minimum absolute atomic E-state index is 0.378. The van der Waals surface area contributed by atoms with Gasteiger partial charge in [-0.2, -0.15) is 0 Å². The molecule has 2 aromatic rings. The summed E-state index contributed by atoms with van der Waals surface area (Å²) in [6.45, 7) is 6.59. The minimum Gasteiger partial charge on any atom is -0.380 e. The summed E-state index contributed by atoms with van der Waals surface area (Å²) in [5.41, 5.74) is 3.82. The maximum Gasteiger partial charge on any atom is 0.0616 e. The molecule has 0 bridgehead atoms. The second-order valence-electron chi connectivity index (χ2n) is 5.00. The molecule has 0 radical (unpaired) electrons. The zero-order chi connectivity index (χ0) is 14.2. The minimum atomic E-state index is 0.378. The second kappa shape index (κ2) is 7.83. The van der Waals surface area contributed by atoms with Crippen molar-refractivity contribution in [2.24, 2.45) is 0 Å². The lowest BCUT2D eigenvalue weighted by Gasteiger charge is -2.13. The Bertz CT molecular complexity index is 493. The van der Waals surface area contributed by atoms with Crippen LogP contribution in [0.5, 0.6) is 0 Å². The molecule has 2 heteroatoms. The summed E-state index contributed by atoms with van der Waals surface area (Å²) in [7, 11) is 0. The molecule has 2 aromatic carbocycles. The Morgan fingerprint density at radius 2 is 1.60 bits per heavy atom. The van der Waals surface area contributed by atoms with E-state index in [1.165, 1.54) is 16.7 Å². The molecule has 0 aromatic heterocycles. The molecule has 20 heavy (non-hydrogen) atoms. The molecular formula is C18H23NO. The zero-order valence-electron chi connectivity index (χ0n) is 12.3. The lowest BCUT2D eigenvalue weighted by Crippen LogP contribution is -2.30. The summed E-state index contributed by atoms with van der Waals surface area (Å²) < 4.78 is 5.40. The molecule has 0 fully saturated rings. The van der Waals surface area contributed by atoms with Crippen LogP contribution in [0.3, 0.4) is 0 Å². The van der Waals surface area contributed by atoms with E-state index in [-0.39, 0.29) is 0 Å². The van der Waals surface area contributed by atoms with Crippen molar-refractivity contribution in [3.05, 3.63) is 60.2 Å². The van der Waals surface area contributed by atoms with Gasteiger partial charge in [0.25, 0.3) is 0 Å². The Morgan fingerprint density at radius 1 is 0.950 bits per heavy atom. The lowest BCUT2D eigenvalue weighted by atomic mass is 10.0. The molecule has 0 heterocycles. The van der Waals surface area contributed by atoms with Crippen molar-refractivity contribution in [1.82, 2.24) is 5.32 Å². The van der Waals surface area contributed by atoms with Gasteiger partial charge in [-0.15, -0.1) is 0 Å². The first-order valence-electron chi connectivity index (χ1n) is 7.25. The highest BCUT2D eigenvalue weighted by Crippen LogP contribution is 2.19. The summed E-state index contributed by atoms with van der Waals surface area (Å²) in [6, 6.07) is 19.6. The van der Waals surface area contributed by atoms with Crippen LogP contribution in [0, 0.1) is 0 Å². The maximum atomic E-state index is 5.40. The Kier molecular flexibility index (Phi) is 5.78. The Hall–Kier alpha value is -1.64. The van der Waals surface area contributed by atoms with E-state index in [2.05, 4.69) is 60.8 Å². The van der Waals surface area contributed by atoms with Crippen LogP contribution in [0.15, 0.2) is 54.6 Å². The van der Waals surface area contributed by atoms with Crippen LogP contribution in [0.4, 0.5) is 0 Å². The van der Waals surface area contributed by atoms with E-state index >= 15 is 0 Å². The monoisotopic (exact) mass is 269 g/mol. The Morgan fingerprint density at radius 3 is 2.25 bits per heavy atom. The smallest absolute Gasteiger partial charge is 0.0616 e. The molecule has 0 saturated heterocycles. The topological polar surface area (TPSA) is 21.3 Å². The van der Waals surface area contributed by atoms with Gasteiger partial charge in [0.05, 0.1) is 6.61 Å². The summed E-state index contributed by atoms with van der Waals surface area (Å²) in [6.07, 6.45) is 0. The van der Waals surface area contributed by atoms with E-state index in [1.807, 2.05) is 13.0 Å². The normalized spacial score (nSPS) is 12.3. The number of rotatable bonds is 7. The summed E-state index contributed by atoms with van der Waals surface area (Å²) >= 11 is 0. The first-order chi connectivity index (χ1) is 9.79. The molecule has 106 valence electrons. The third-order valence-corrected chi connectivity index (χ3v) is 3.29. The predicted molar refractivity (Wildman–Crippen MR) is 84.7 cm³/mol. The number of benzene rings is 2. The molecule has 0 saturated carbocycles. The van der Waals surface area contributed by atoms with E-state index in [0.29, 0.717) is 6.04 Å². The van der Waals surface area contributed by atoms with Crippen LogP contribution in [-0.2, 0) is 11.3 Å². The van der Waals surface area contributed by atoms with Gasteiger partial charge in [0, 0.05) is 19.2 Å². The highest BCUT2D eigenvalue weighted by Gasteiger charge is 2.02. The third-order valence-electron chi connectivity index (χ3n) is 3.29. The molecule has 2 rings (SSSR count). The molecule has 1 unspecified atom stereocenters. The number of ether oxygens (including phenoxy) is 1. The van der Waals surface area contributed by atoms with Crippen LogP contribution >= 0.6 is 0 Å². The summed E-state index contributed by atoms with van der Waals surface area (Å²) in [5.74, 6) is 0. The first-order valence-corrected chi connectivity index (χ1v) is 7.25. The van der Waals surface area contributed by atoms with Crippen LogP contribution < -0.4 is 5.32 Å². The van der Waals surface area contributed by atoms with Crippen molar-refractivity contribution in [1.29, 1.82) is 0 Å². The maximum absolute atomic E-state index is 5.40. The lowest BCUT2D eigenvalue weighted by molar-refractivity contribution is 0.127. The van der Waals surface area contributed by atoms with Gasteiger partial charge in [0.2, 0.25) is 0 Å². The SMILES string of the molecule is CCOCC(C)NCc1ccc(-c2ccccc2)cc1. The van der Waals surface area contributed by atoms with Crippen LogP contribution in [0.25, 0.3) is 11.1 Å². The largest absolute Gasteiger partial charge is 0.380 e.